The Hall–Kier alpha value is -2.30. The van der Waals surface area contributed by atoms with Crippen molar-refractivity contribution in [3.05, 3.63) is 41.7 Å². The quantitative estimate of drug-likeness (QED) is 0.899. The van der Waals surface area contributed by atoms with Gasteiger partial charge in [0.15, 0.2) is 5.69 Å². The highest BCUT2D eigenvalue weighted by atomic mass is 16.5. The molecule has 0 atom stereocenters. The van der Waals surface area contributed by atoms with Crippen LogP contribution in [0.4, 0.5) is 5.69 Å². The van der Waals surface area contributed by atoms with Crippen LogP contribution in [0.5, 0.6) is 5.75 Å². The smallest absolute Gasteiger partial charge is 0.276 e. The van der Waals surface area contributed by atoms with Crippen LogP contribution in [-0.2, 0) is 7.05 Å². The maximum absolute atomic E-state index is 12.1. The van der Waals surface area contributed by atoms with Crippen LogP contribution in [0.2, 0.25) is 0 Å². The highest BCUT2D eigenvalue weighted by Crippen LogP contribution is 2.23. The molecule has 0 aliphatic rings. The van der Waals surface area contributed by atoms with Crippen molar-refractivity contribution in [2.45, 2.75) is 6.92 Å². The van der Waals surface area contributed by atoms with Crippen molar-refractivity contribution in [1.82, 2.24) is 9.78 Å². The number of nitrogens with zero attached hydrogens (tertiary/aromatic N) is 2. The van der Waals surface area contributed by atoms with Gasteiger partial charge in [0.1, 0.15) is 5.75 Å². The number of benzene rings is 1. The summed E-state index contributed by atoms with van der Waals surface area (Å²) < 4.78 is 6.79. The fourth-order valence-electron chi connectivity index (χ4n) is 1.76. The molecule has 5 heteroatoms. The molecule has 0 spiro atoms. The molecular weight excluding hydrogens is 230 g/mol. The average molecular weight is 245 g/mol. The summed E-state index contributed by atoms with van der Waals surface area (Å²) in [5, 5.41) is 6.92. The van der Waals surface area contributed by atoms with Gasteiger partial charge in [-0.25, -0.2) is 0 Å². The van der Waals surface area contributed by atoms with E-state index in [0.717, 1.165) is 5.56 Å². The summed E-state index contributed by atoms with van der Waals surface area (Å²) in [5.41, 5.74) is 1.89. The second kappa shape index (κ2) is 4.91. The van der Waals surface area contributed by atoms with Gasteiger partial charge in [0, 0.05) is 18.8 Å². The van der Waals surface area contributed by atoms with Crippen LogP contribution in [0.1, 0.15) is 16.1 Å². The van der Waals surface area contributed by atoms with Crippen LogP contribution >= 0.6 is 0 Å². The first-order valence-electron chi connectivity index (χ1n) is 5.56. The van der Waals surface area contributed by atoms with Crippen molar-refractivity contribution in [2.75, 3.05) is 12.4 Å². The van der Waals surface area contributed by atoms with Crippen molar-refractivity contribution in [3.63, 3.8) is 0 Å². The van der Waals surface area contributed by atoms with Gasteiger partial charge >= 0.3 is 0 Å². The summed E-state index contributed by atoms with van der Waals surface area (Å²) >= 11 is 0. The van der Waals surface area contributed by atoms with Crippen LogP contribution in [0.25, 0.3) is 0 Å². The highest BCUT2D eigenvalue weighted by Gasteiger charge is 2.14. The van der Waals surface area contributed by atoms with E-state index in [9.17, 15) is 4.79 Å². The van der Waals surface area contributed by atoms with Gasteiger partial charge < -0.3 is 10.1 Å². The summed E-state index contributed by atoms with van der Waals surface area (Å²) in [6, 6.07) is 7.26. The highest BCUT2D eigenvalue weighted by molar-refractivity contribution is 6.04. The van der Waals surface area contributed by atoms with Gasteiger partial charge in [-0.05, 0) is 19.1 Å². The molecule has 0 aliphatic heterocycles. The molecule has 1 N–H and O–H groups in total. The Morgan fingerprint density at radius 2 is 2.11 bits per heavy atom. The van der Waals surface area contributed by atoms with Crippen molar-refractivity contribution in [2.24, 2.45) is 7.05 Å². The summed E-state index contributed by atoms with van der Waals surface area (Å²) in [4.78, 5) is 12.1. The molecule has 2 aromatic rings. The molecule has 1 aromatic carbocycles. The molecule has 1 aromatic heterocycles. The minimum Gasteiger partial charge on any atom is -0.495 e. The van der Waals surface area contributed by atoms with Gasteiger partial charge in [-0.15, -0.1) is 0 Å². The number of hydrogen-bond acceptors (Lipinski definition) is 3. The number of nitrogens with one attached hydrogen (secondary N) is 1. The molecule has 2 rings (SSSR count). The van der Waals surface area contributed by atoms with Crippen molar-refractivity contribution >= 4 is 11.6 Å². The van der Waals surface area contributed by atoms with E-state index in [1.54, 1.807) is 37.2 Å². The van der Waals surface area contributed by atoms with E-state index < -0.39 is 0 Å². The molecule has 1 heterocycles. The summed E-state index contributed by atoms with van der Waals surface area (Å²) in [7, 11) is 3.35. The normalized spacial score (nSPS) is 10.2. The molecule has 94 valence electrons. The van der Waals surface area contributed by atoms with Crippen molar-refractivity contribution in [1.29, 1.82) is 0 Å². The van der Waals surface area contributed by atoms with Gasteiger partial charge in [0.05, 0.1) is 12.8 Å². The monoisotopic (exact) mass is 245 g/mol. The Morgan fingerprint density at radius 1 is 1.39 bits per heavy atom. The fraction of sp³-hybridized carbons (Fsp3) is 0.231. The zero-order valence-electron chi connectivity index (χ0n) is 10.6. The van der Waals surface area contributed by atoms with Gasteiger partial charge in [0.2, 0.25) is 0 Å². The van der Waals surface area contributed by atoms with Gasteiger partial charge in [-0.1, -0.05) is 12.1 Å². The first-order valence-corrected chi connectivity index (χ1v) is 5.56. The predicted molar refractivity (Wildman–Crippen MR) is 68.9 cm³/mol. The number of hydrogen-bond donors (Lipinski definition) is 1. The lowest BCUT2D eigenvalue weighted by Gasteiger charge is -2.08. The third-order valence-corrected chi connectivity index (χ3v) is 2.58. The molecule has 0 aliphatic carbocycles. The fourth-order valence-corrected chi connectivity index (χ4v) is 1.76. The first kappa shape index (κ1) is 12.2. The number of carbonyl (C=O) groups excluding carboxylic acids is 1. The van der Waals surface area contributed by atoms with Gasteiger partial charge in [0.25, 0.3) is 5.91 Å². The number of carbonyl (C=O) groups is 1. The van der Waals surface area contributed by atoms with Crippen LogP contribution in [-0.4, -0.2) is 22.8 Å². The van der Waals surface area contributed by atoms with Crippen LogP contribution in [0, 0.1) is 6.92 Å². The number of para-hydroxylation sites is 2. The van der Waals surface area contributed by atoms with Crippen LogP contribution < -0.4 is 10.1 Å². The Morgan fingerprint density at radius 3 is 2.72 bits per heavy atom. The zero-order chi connectivity index (χ0) is 13.1. The van der Waals surface area contributed by atoms with Crippen molar-refractivity contribution in [3.8, 4) is 5.75 Å². The summed E-state index contributed by atoms with van der Waals surface area (Å²) in [6.45, 7) is 1.85. The van der Waals surface area contributed by atoms with Crippen molar-refractivity contribution < 1.29 is 9.53 Å². The Kier molecular flexibility index (Phi) is 3.32. The number of methoxy groups -OCH3 is 1. The molecule has 18 heavy (non-hydrogen) atoms. The molecule has 1 amide bonds. The maximum atomic E-state index is 12.1. The number of aryl methyl sites for hydroxylation is 2. The number of rotatable bonds is 3. The Bertz CT molecular complexity index is 575. The topological polar surface area (TPSA) is 56.1 Å². The maximum Gasteiger partial charge on any atom is 0.276 e. The molecule has 0 bridgehead atoms. The van der Waals surface area contributed by atoms with Gasteiger partial charge in [-0.3, -0.25) is 9.48 Å². The second-order valence-electron chi connectivity index (χ2n) is 3.99. The number of aromatic nitrogens is 2. The van der Waals surface area contributed by atoms with Crippen LogP contribution in [0.3, 0.4) is 0 Å². The molecule has 5 nitrogen and oxygen atoms in total. The average Bonchev–Trinajstić information content (AvgIpc) is 2.69. The molecule has 0 radical (unpaired) electrons. The summed E-state index contributed by atoms with van der Waals surface area (Å²) in [5.74, 6) is 0.386. The standard InChI is InChI=1S/C13H15N3O2/c1-9-8-16(2)15-12(9)13(17)14-10-6-4-5-7-11(10)18-3/h4-8H,1-3H3,(H,14,17). The van der Waals surface area contributed by atoms with Crippen LogP contribution in [0.15, 0.2) is 30.5 Å². The molecule has 0 saturated carbocycles. The molecule has 0 fully saturated rings. The number of anilines is 1. The van der Waals surface area contributed by atoms with E-state index in [1.165, 1.54) is 0 Å². The van der Waals surface area contributed by atoms with E-state index in [1.807, 2.05) is 19.1 Å². The Balaban J connectivity index is 2.24. The summed E-state index contributed by atoms with van der Waals surface area (Å²) in [6.07, 6.45) is 1.80. The van der Waals surface area contributed by atoms with E-state index >= 15 is 0 Å². The first-order chi connectivity index (χ1) is 8.61. The third kappa shape index (κ3) is 2.34. The minimum atomic E-state index is -0.238. The Labute approximate surface area is 105 Å². The van der Waals surface area contributed by atoms with E-state index in [-0.39, 0.29) is 5.91 Å². The van der Waals surface area contributed by atoms with E-state index in [4.69, 9.17) is 4.74 Å². The SMILES string of the molecule is COc1ccccc1NC(=O)c1nn(C)cc1C. The minimum absolute atomic E-state index is 0.238. The lowest BCUT2D eigenvalue weighted by molar-refractivity contribution is 0.102. The third-order valence-electron chi connectivity index (χ3n) is 2.58. The molecule has 0 saturated heterocycles. The zero-order valence-corrected chi connectivity index (χ0v) is 10.6. The number of ether oxygens (including phenoxy) is 1. The molecular formula is C13H15N3O2. The van der Waals surface area contributed by atoms with E-state index in [0.29, 0.717) is 17.1 Å². The molecule has 0 unspecified atom stereocenters. The van der Waals surface area contributed by atoms with Gasteiger partial charge in [-0.2, -0.15) is 5.10 Å². The second-order valence-corrected chi connectivity index (χ2v) is 3.99. The lowest BCUT2D eigenvalue weighted by atomic mass is 10.2. The number of amides is 1. The van der Waals surface area contributed by atoms with E-state index in [2.05, 4.69) is 10.4 Å². The predicted octanol–water partition coefficient (Wildman–Crippen LogP) is 1.99. The largest absolute Gasteiger partial charge is 0.495 e. The lowest BCUT2D eigenvalue weighted by Crippen LogP contribution is -2.14.